The monoisotopic (exact) mass is 260 g/mol. The van der Waals surface area contributed by atoms with E-state index in [-0.39, 0.29) is 23.8 Å². The lowest BCUT2D eigenvalue weighted by Gasteiger charge is -2.07. The number of hydrogen-bond donors (Lipinski definition) is 1. The van der Waals surface area contributed by atoms with Gasteiger partial charge in [0.25, 0.3) is 0 Å². The highest BCUT2D eigenvalue weighted by Crippen LogP contribution is 2.21. The van der Waals surface area contributed by atoms with E-state index in [2.05, 4.69) is 4.98 Å². The van der Waals surface area contributed by atoms with E-state index in [4.69, 9.17) is 10.5 Å². The highest BCUT2D eigenvalue weighted by atomic mass is 19.1. The Labute approximate surface area is 110 Å². The van der Waals surface area contributed by atoms with Gasteiger partial charge in [0, 0.05) is 5.56 Å². The molecule has 0 saturated carbocycles. The van der Waals surface area contributed by atoms with Crippen LogP contribution in [0.1, 0.15) is 17.3 Å². The molecule has 1 aromatic heterocycles. The lowest BCUT2D eigenvalue weighted by molar-refractivity contribution is 0.0527. The van der Waals surface area contributed by atoms with Gasteiger partial charge in [-0.25, -0.2) is 14.2 Å². The number of hydrogen-bond acceptors (Lipinski definition) is 4. The van der Waals surface area contributed by atoms with E-state index < -0.39 is 5.97 Å². The number of nitrogens with zero attached hydrogens (tertiary/aromatic N) is 1. The summed E-state index contributed by atoms with van der Waals surface area (Å²) in [7, 11) is 0. The quantitative estimate of drug-likeness (QED) is 0.861. The van der Waals surface area contributed by atoms with Crippen molar-refractivity contribution in [1.82, 2.24) is 4.98 Å². The molecule has 19 heavy (non-hydrogen) atoms. The van der Waals surface area contributed by atoms with Crippen LogP contribution in [0.25, 0.3) is 11.3 Å². The molecule has 2 rings (SSSR count). The summed E-state index contributed by atoms with van der Waals surface area (Å²) < 4.78 is 17.7. The van der Waals surface area contributed by atoms with Crippen molar-refractivity contribution in [3.05, 3.63) is 47.8 Å². The van der Waals surface area contributed by atoms with Crippen LogP contribution in [-0.2, 0) is 4.74 Å². The van der Waals surface area contributed by atoms with Gasteiger partial charge in [0.05, 0.1) is 12.3 Å². The van der Waals surface area contributed by atoms with Gasteiger partial charge in [-0.15, -0.1) is 0 Å². The fraction of sp³-hybridized carbons (Fsp3) is 0.143. The molecular weight excluding hydrogens is 247 g/mol. The molecule has 0 bridgehead atoms. The van der Waals surface area contributed by atoms with Gasteiger partial charge < -0.3 is 10.5 Å². The first-order valence-corrected chi connectivity index (χ1v) is 5.81. The molecule has 4 nitrogen and oxygen atoms in total. The smallest absolute Gasteiger partial charge is 0.341 e. The minimum absolute atomic E-state index is 0.0975. The lowest BCUT2D eigenvalue weighted by atomic mass is 10.1. The van der Waals surface area contributed by atoms with Crippen LogP contribution in [0.2, 0.25) is 0 Å². The summed E-state index contributed by atoms with van der Waals surface area (Å²) in [4.78, 5) is 15.7. The Balaban J connectivity index is 2.33. The molecule has 0 saturated heterocycles. The third-order valence-electron chi connectivity index (χ3n) is 2.56. The molecule has 0 atom stereocenters. The molecule has 0 aliphatic rings. The minimum Gasteiger partial charge on any atom is -0.462 e. The molecule has 2 N–H and O–H groups in total. The molecule has 1 heterocycles. The third kappa shape index (κ3) is 2.88. The molecule has 5 heteroatoms. The summed E-state index contributed by atoms with van der Waals surface area (Å²) in [5, 5.41) is 0. The van der Waals surface area contributed by atoms with Crippen LogP contribution >= 0.6 is 0 Å². The number of benzene rings is 1. The Morgan fingerprint density at radius 2 is 1.95 bits per heavy atom. The normalized spacial score (nSPS) is 10.2. The van der Waals surface area contributed by atoms with Gasteiger partial charge in [0.1, 0.15) is 17.2 Å². The van der Waals surface area contributed by atoms with Gasteiger partial charge in [0.15, 0.2) is 0 Å². The third-order valence-corrected chi connectivity index (χ3v) is 2.56. The first-order valence-electron chi connectivity index (χ1n) is 5.81. The van der Waals surface area contributed by atoms with E-state index in [1.54, 1.807) is 31.2 Å². The van der Waals surface area contributed by atoms with Crippen molar-refractivity contribution < 1.29 is 13.9 Å². The Kier molecular flexibility index (Phi) is 3.75. The van der Waals surface area contributed by atoms with Crippen LogP contribution < -0.4 is 5.73 Å². The first kappa shape index (κ1) is 13.0. The number of esters is 1. The Morgan fingerprint density at radius 1 is 1.26 bits per heavy atom. The van der Waals surface area contributed by atoms with Gasteiger partial charge >= 0.3 is 5.97 Å². The van der Waals surface area contributed by atoms with E-state index >= 15 is 0 Å². The van der Waals surface area contributed by atoms with Crippen LogP contribution in [0.5, 0.6) is 0 Å². The molecule has 0 radical (unpaired) electrons. The highest BCUT2D eigenvalue weighted by Gasteiger charge is 2.12. The van der Waals surface area contributed by atoms with Gasteiger partial charge in [-0.1, -0.05) is 0 Å². The summed E-state index contributed by atoms with van der Waals surface area (Å²) in [6, 6.07) is 9.08. The Bertz CT molecular complexity index is 597. The molecule has 0 spiro atoms. The van der Waals surface area contributed by atoms with Crippen molar-refractivity contribution in [2.24, 2.45) is 0 Å². The summed E-state index contributed by atoms with van der Waals surface area (Å²) in [5.74, 6) is -0.724. The second-order valence-corrected chi connectivity index (χ2v) is 3.86. The fourth-order valence-electron chi connectivity index (χ4n) is 1.64. The summed E-state index contributed by atoms with van der Waals surface area (Å²) in [6.45, 7) is 1.99. The topological polar surface area (TPSA) is 65.2 Å². The van der Waals surface area contributed by atoms with Gasteiger partial charge in [-0.05, 0) is 43.3 Å². The van der Waals surface area contributed by atoms with Crippen LogP contribution in [0.4, 0.5) is 10.2 Å². The summed E-state index contributed by atoms with van der Waals surface area (Å²) in [6.07, 6.45) is 0. The van der Waals surface area contributed by atoms with E-state index in [0.717, 1.165) is 5.56 Å². The summed E-state index contributed by atoms with van der Waals surface area (Å²) >= 11 is 0. The van der Waals surface area contributed by atoms with Crippen LogP contribution in [0, 0.1) is 5.82 Å². The van der Waals surface area contributed by atoms with Gasteiger partial charge in [0.2, 0.25) is 0 Å². The second-order valence-electron chi connectivity index (χ2n) is 3.86. The molecule has 0 unspecified atom stereocenters. The SMILES string of the molecule is CCOC(=O)c1ccc(-c2ccc(F)cc2)nc1N. The molecule has 0 fully saturated rings. The molecule has 1 aromatic carbocycles. The lowest BCUT2D eigenvalue weighted by Crippen LogP contribution is -2.09. The number of carbonyl (C=O) groups is 1. The van der Waals surface area contributed by atoms with Crippen molar-refractivity contribution >= 4 is 11.8 Å². The van der Waals surface area contributed by atoms with Gasteiger partial charge in [-0.3, -0.25) is 0 Å². The van der Waals surface area contributed by atoms with E-state index in [1.807, 2.05) is 0 Å². The van der Waals surface area contributed by atoms with Crippen LogP contribution in [0.3, 0.4) is 0 Å². The number of rotatable bonds is 3. The number of anilines is 1. The van der Waals surface area contributed by atoms with Crippen molar-refractivity contribution in [3.63, 3.8) is 0 Å². The molecular formula is C14H13FN2O2. The number of aromatic nitrogens is 1. The average molecular weight is 260 g/mol. The maximum Gasteiger partial charge on any atom is 0.341 e. The minimum atomic E-state index is -0.502. The predicted octanol–water partition coefficient (Wildman–Crippen LogP) is 2.65. The van der Waals surface area contributed by atoms with Gasteiger partial charge in [-0.2, -0.15) is 0 Å². The molecule has 0 aliphatic carbocycles. The number of halogens is 1. The number of nitrogen functional groups attached to an aromatic ring is 1. The molecule has 2 aromatic rings. The van der Waals surface area contributed by atoms with E-state index in [0.29, 0.717) is 5.69 Å². The predicted molar refractivity (Wildman–Crippen MR) is 70.0 cm³/mol. The van der Waals surface area contributed by atoms with Crippen molar-refractivity contribution in [3.8, 4) is 11.3 Å². The Morgan fingerprint density at radius 3 is 2.53 bits per heavy atom. The fourth-order valence-corrected chi connectivity index (χ4v) is 1.64. The van der Waals surface area contributed by atoms with Crippen LogP contribution in [0.15, 0.2) is 36.4 Å². The standard InChI is InChI=1S/C14H13FN2O2/c1-2-19-14(18)11-7-8-12(17-13(11)16)9-3-5-10(15)6-4-9/h3-8H,2H2,1H3,(H2,16,17). The van der Waals surface area contributed by atoms with Crippen LogP contribution in [-0.4, -0.2) is 17.6 Å². The number of nitrogens with two attached hydrogens (primary N) is 1. The average Bonchev–Trinajstić information content (AvgIpc) is 2.39. The molecule has 0 amide bonds. The maximum absolute atomic E-state index is 12.8. The van der Waals surface area contributed by atoms with Crippen molar-refractivity contribution in [2.45, 2.75) is 6.92 Å². The molecule has 98 valence electrons. The zero-order valence-corrected chi connectivity index (χ0v) is 10.4. The molecule has 0 aliphatic heterocycles. The van der Waals surface area contributed by atoms with Crippen molar-refractivity contribution in [2.75, 3.05) is 12.3 Å². The van der Waals surface area contributed by atoms with E-state index in [9.17, 15) is 9.18 Å². The zero-order valence-electron chi connectivity index (χ0n) is 10.4. The zero-order chi connectivity index (χ0) is 13.8. The number of carbonyl (C=O) groups excluding carboxylic acids is 1. The largest absolute Gasteiger partial charge is 0.462 e. The maximum atomic E-state index is 12.8. The summed E-state index contributed by atoms with van der Waals surface area (Å²) in [5.41, 5.74) is 7.26. The number of ether oxygens (including phenoxy) is 1. The number of pyridine rings is 1. The first-order chi connectivity index (χ1) is 9.11. The van der Waals surface area contributed by atoms with Crippen molar-refractivity contribution in [1.29, 1.82) is 0 Å². The Hall–Kier alpha value is -2.43. The van der Waals surface area contributed by atoms with E-state index in [1.165, 1.54) is 12.1 Å². The second kappa shape index (κ2) is 5.48. The highest BCUT2D eigenvalue weighted by molar-refractivity contribution is 5.94.